The van der Waals surface area contributed by atoms with Crippen molar-refractivity contribution in [3.63, 3.8) is 0 Å². The molecule has 0 aromatic carbocycles. The first kappa shape index (κ1) is 8.50. The van der Waals surface area contributed by atoms with Crippen molar-refractivity contribution < 1.29 is 10.2 Å². The first-order chi connectivity index (χ1) is 4.66. The quantitative estimate of drug-likeness (QED) is 0.633. The van der Waals surface area contributed by atoms with E-state index >= 15 is 0 Å². The molecule has 0 aromatic heterocycles. The molecule has 0 aromatic rings. The van der Waals surface area contributed by atoms with Crippen molar-refractivity contribution in [3.05, 3.63) is 0 Å². The van der Waals surface area contributed by atoms with E-state index in [0.29, 0.717) is 5.33 Å². The lowest BCUT2D eigenvalue weighted by molar-refractivity contribution is -0.0130. The lowest BCUT2D eigenvalue weighted by atomic mass is 9.85. The number of aliphatic hydroxyl groups is 2. The van der Waals surface area contributed by atoms with E-state index in [1.807, 2.05) is 0 Å². The third-order valence-electron chi connectivity index (χ3n) is 2.13. The average molecular weight is 209 g/mol. The van der Waals surface area contributed by atoms with Gasteiger partial charge in [-0.25, -0.2) is 0 Å². The molecule has 1 aliphatic carbocycles. The molecule has 1 fully saturated rings. The molecule has 10 heavy (non-hydrogen) atoms. The van der Waals surface area contributed by atoms with E-state index in [0.717, 1.165) is 25.7 Å². The van der Waals surface area contributed by atoms with Crippen LogP contribution >= 0.6 is 15.9 Å². The van der Waals surface area contributed by atoms with Gasteiger partial charge in [-0.2, -0.15) is 0 Å². The van der Waals surface area contributed by atoms with Crippen LogP contribution in [0.1, 0.15) is 25.7 Å². The van der Waals surface area contributed by atoms with Gasteiger partial charge in [-0.15, -0.1) is 0 Å². The van der Waals surface area contributed by atoms with Gasteiger partial charge in [-0.1, -0.05) is 15.9 Å². The van der Waals surface area contributed by atoms with Crippen LogP contribution in [0, 0.1) is 0 Å². The predicted molar refractivity (Wildman–Crippen MR) is 43.2 cm³/mol. The highest BCUT2D eigenvalue weighted by molar-refractivity contribution is 9.09. The minimum atomic E-state index is -0.542. The van der Waals surface area contributed by atoms with Crippen molar-refractivity contribution in [1.82, 2.24) is 0 Å². The van der Waals surface area contributed by atoms with E-state index < -0.39 is 5.60 Å². The Morgan fingerprint density at radius 1 is 1.40 bits per heavy atom. The Morgan fingerprint density at radius 2 is 1.90 bits per heavy atom. The molecule has 0 saturated heterocycles. The Bertz CT molecular complexity index is 108. The number of alkyl halides is 1. The summed E-state index contributed by atoms with van der Waals surface area (Å²) in [5.74, 6) is 0. The maximum absolute atomic E-state index is 9.64. The van der Waals surface area contributed by atoms with Gasteiger partial charge in [-0.05, 0) is 25.7 Å². The molecule has 0 atom stereocenters. The van der Waals surface area contributed by atoms with E-state index in [1.54, 1.807) is 0 Å². The van der Waals surface area contributed by atoms with Gasteiger partial charge in [-0.3, -0.25) is 0 Å². The summed E-state index contributed by atoms with van der Waals surface area (Å²) in [6.45, 7) is 0. The molecule has 1 aliphatic rings. The van der Waals surface area contributed by atoms with Gasteiger partial charge in [0.1, 0.15) is 0 Å². The third kappa shape index (κ3) is 1.94. The fourth-order valence-electron chi connectivity index (χ4n) is 1.27. The normalized spacial score (nSPS) is 41.7. The van der Waals surface area contributed by atoms with E-state index in [1.165, 1.54) is 0 Å². The Kier molecular flexibility index (Phi) is 2.72. The molecule has 0 unspecified atom stereocenters. The van der Waals surface area contributed by atoms with Crippen LogP contribution < -0.4 is 0 Å². The molecule has 0 spiro atoms. The van der Waals surface area contributed by atoms with Gasteiger partial charge in [0.05, 0.1) is 11.7 Å². The summed E-state index contributed by atoms with van der Waals surface area (Å²) in [5, 5.41) is 19.4. The van der Waals surface area contributed by atoms with Crippen LogP contribution in [0.4, 0.5) is 0 Å². The highest BCUT2D eigenvalue weighted by Gasteiger charge is 2.30. The van der Waals surface area contributed by atoms with Crippen LogP contribution in [-0.4, -0.2) is 27.2 Å². The van der Waals surface area contributed by atoms with E-state index in [2.05, 4.69) is 15.9 Å². The second kappa shape index (κ2) is 3.20. The molecule has 2 nitrogen and oxygen atoms in total. The van der Waals surface area contributed by atoms with Crippen molar-refractivity contribution >= 4 is 15.9 Å². The first-order valence-electron chi connectivity index (χ1n) is 3.63. The van der Waals surface area contributed by atoms with Gasteiger partial charge in [0.25, 0.3) is 0 Å². The first-order valence-corrected chi connectivity index (χ1v) is 4.75. The fourth-order valence-corrected chi connectivity index (χ4v) is 1.83. The molecule has 2 N–H and O–H groups in total. The van der Waals surface area contributed by atoms with Gasteiger partial charge >= 0.3 is 0 Å². The van der Waals surface area contributed by atoms with Crippen molar-refractivity contribution in [3.8, 4) is 0 Å². The van der Waals surface area contributed by atoms with Crippen LogP contribution in [0.25, 0.3) is 0 Å². The Labute approximate surface area is 69.4 Å². The summed E-state index contributed by atoms with van der Waals surface area (Å²) in [5.41, 5.74) is -0.542. The highest BCUT2D eigenvalue weighted by atomic mass is 79.9. The van der Waals surface area contributed by atoms with Crippen LogP contribution in [-0.2, 0) is 0 Å². The SMILES string of the molecule is OC1CCC(O)(CBr)CC1. The molecule has 0 heterocycles. The largest absolute Gasteiger partial charge is 0.393 e. The molecule has 60 valence electrons. The Morgan fingerprint density at radius 3 is 2.30 bits per heavy atom. The molecule has 0 radical (unpaired) electrons. The lowest BCUT2D eigenvalue weighted by Gasteiger charge is -2.32. The Hall–Kier alpha value is 0.400. The minimum Gasteiger partial charge on any atom is -0.393 e. The highest BCUT2D eigenvalue weighted by Crippen LogP contribution is 2.29. The number of aliphatic hydroxyl groups excluding tert-OH is 1. The monoisotopic (exact) mass is 208 g/mol. The standard InChI is InChI=1S/C7H13BrO2/c8-5-7(10)3-1-6(9)2-4-7/h6,9-10H,1-5H2. The summed E-state index contributed by atoms with van der Waals surface area (Å²) >= 11 is 3.26. The van der Waals surface area contributed by atoms with E-state index in [-0.39, 0.29) is 6.10 Å². The number of hydrogen-bond acceptors (Lipinski definition) is 2. The van der Waals surface area contributed by atoms with Crippen LogP contribution in [0.15, 0.2) is 0 Å². The van der Waals surface area contributed by atoms with Crippen molar-refractivity contribution in [1.29, 1.82) is 0 Å². The molecular weight excluding hydrogens is 196 g/mol. The molecule has 1 saturated carbocycles. The van der Waals surface area contributed by atoms with Crippen LogP contribution in [0.2, 0.25) is 0 Å². The molecule has 0 amide bonds. The summed E-state index contributed by atoms with van der Waals surface area (Å²) in [6, 6.07) is 0. The lowest BCUT2D eigenvalue weighted by Crippen LogP contribution is -2.37. The summed E-state index contributed by atoms with van der Waals surface area (Å²) < 4.78 is 0. The average Bonchev–Trinajstić information content (AvgIpc) is 1.96. The number of rotatable bonds is 1. The number of halogens is 1. The summed E-state index contributed by atoms with van der Waals surface area (Å²) in [6.07, 6.45) is 2.74. The third-order valence-corrected chi connectivity index (χ3v) is 3.18. The van der Waals surface area contributed by atoms with Crippen molar-refractivity contribution in [2.24, 2.45) is 0 Å². The molecular formula is C7H13BrO2. The zero-order valence-corrected chi connectivity index (χ0v) is 7.47. The second-order valence-electron chi connectivity index (χ2n) is 3.09. The second-order valence-corrected chi connectivity index (χ2v) is 3.65. The van der Waals surface area contributed by atoms with Crippen molar-refractivity contribution in [2.75, 3.05) is 5.33 Å². The zero-order valence-electron chi connectivity index (χ0n) is 5.89. The van der Waals surface area contributed by atoms with Crippen LogP contribution in [0.3, 0.4) is 0 Å². The van der Waals surface area contributed by atoms with Gasteiger partial charge in [0.15, 0.2) is 0 Å². The maximum atomic E-state index is 9.64. The fraction of sp³-hybridized carbons (Fsp3) is 1.00. The van der Waals surface area contributed by atoms with E-state index in [9.17, 15) is 5.11 Å². The minimum absolute atomic E-state index is 0.181. The van der Waals surface area contributed by atoms with Gasteiger partial charge in [0.2, 0.25) is 0 Å². The van der Waals surface area contributed by atoms with Crippen LogP contribution in [0.5, 0.6) is 0 Å². The topological polar surface area (TPSA) is 40.5 Å². The van der Waals surface area contributed by atoms with Gasteiger partial charge in [0, 0.05) is 5.33 Å². The summed E-state index contributed by atoms with van der Waals surface area (Å²) in [4.78, 5) is 0. The number of hydrogen-bond donors (Lipinski definition) is 2. The molecule has 1 rings (SSSR count). The van der Waals surface area contributed by atoms with E-state index in [4.69, 9.17) is 5.11 Å². The molecule has 0 aliphatic heterocycles. The predicted octanol–water partition coefficient (Wildman–Crippen LogP) is 1.05. The smallest absolute Gasteiger partial charge is 0.0746 e. The molecule has 0 bridgehead atoms. The summed E-state index contributed by atoms with van der Waals surface area (Å²) in [7, 11) is 0. The van der Waals surface area contributed by atoms with Gasteiger partial charge < -0.3 is 10.2 Å². The zero-order chi connectivity index (χ0) is 7.61. The molecule has 3 heteroatoms. The maximum Gasteiger partial charge on any atom is 0.0746 e. The van der Waals surface area contributed by atoms with Crippen molar-refractivity contribution in [2.45, 2.75) is 37.4 Å². The Balaban J connectivity index is 2.38.